The smallest absolute Gasteiger partial charge is 0.258 e. The standard InChI is InChI=1S/C11H11FN4O/c12-10-2-1-9(3-7(10)4-13)16-11(17)8-5-14-15-6-8/h1-3,5-6H,4,13H2,(H,14,15)(H,16,17). The van der Waals surface area contributed by atoms with Crippen LogP contribution >= 0.6 is 0 Å². The molecule has 0 radical (unpaired) electrons. The summed E-state index contributed by atoms with van der Waals surface area (Å²) >= 11 is 0. The molecule has 0 aliphatic carbocycles. The Morgan fingerprint density at radius 3 is 3.00 bits per heavy atom. The van der Waals surface area contributed by atoms with Crippen molar-refractivity contribution in [1.82, 2.24) is 10.2 Å². The van der Waals surface area contributed by atoms with Gasteiger partial charge in [0.25, 0.3) is 5.91 Å². The van der Waals surface area contributed by atoms with Gasteiger partial charge in [0.15, 0.2) is 0 Å². The Labute approximate surface area is 96.8 Å². The number of aromatic nitrogens is 2. The lowest BCUT2D eigenvalue weighted by Crippen LogP contribution is -2.11. The first-order valence-corrected chi connectivity index (χ1v) is 4.99. The second-order valence-corrected chi connectivity index (χ2v) is 3.45. The normalized spacial score (nSPS) is 10.2. The van der Waals surface area contributed by atoms with Gasteiger partial charge < -0.3 is 11.1 Å². The van der Waals surface area contributed by atoms with Crippen molar-refractivity contribution in [2.24, 2.45) is 5.73 Å². The second kappa shape index (κ2) is 4.75. The van der Waals surface area contributed by atoms with Crippen molar-refractivity contribution < 1.29 is 9.18 Å². The van der Waals surface area contributed by atoms with E-state index in [1.807, 2.05) is 0 Å². The summed E-state index contributed by atoms with van der Waals surface area (Å²) in [6, 6.07) is 4.26. The van der Waals surface area contributed by atoms with Gasteiger partial charge in [-0.2, -0.15) is 5.10 Å². The number of halogens is 1. The van der Waals surface area contributed by atoms with Crippen LogP contribution in [-0.2, 0) is 6.54 Å². The third-order valence-corrected chi connectivity index (χ3v) is 2.28. The molecule has 4 N–H and O–H groups in total. The molecule has 0 atom stereocenters. The van der Waals surface area contributed by atoms with E-state index in [2.05, 4.69) is 15.5 Å². The summed E-state index contributed by atoms with van der Waals surface area (Å²) in [5.74, 6) is -0.692. The minimum absolute atomic E-state index is 0.0846. The molecule has 5 nitrogen and oxygen atoms in total. The molecule has 1 aromatic heterocycles. The van der Waals surface area contributed by atoms with E-state index in [-0.39, 0.29) is 18.3 Å². The molecular formula is C11H11FN4O. The molecule has 0 aliphatic rings. The maximum absolute atomic E-state index is 13.2. The van der Waals surface area contributed by atoms with Crippen molar-refractivity contribution in [1.29, 1.82) is 0 Å². The van der Waals surface area contributed by atoms with Crippen LogP contribution in [-0.4, -0.2) is 16.1 Å². The van der Waals surface area contributed by atoms with Crippen LogP contribution in [0.3, 0.4) is 0 Å². The van der Waals surface area contributed by atoms with Crippen molar-refractivity contribution in [3.05, 3.63) is 47.5 Å². The zero-order chi connectivity index (χ0) is 12.3. The van der Waals surface area contributed by atoms with E-state index < -0.39 is 0 Å². The highest BCUT2D eigenvalue weighted by molar-refractivity contribution is 6.03. The van der Waals surface area contributed by atoms with Gasteiger partial charge >= 0.3 is 0 Å². The Balaban J connectivity index is 2.16. The van der Waals surface area contributed by atoms with Crippen molar-refractivity contribution in [3.8, 4) is 0 Å². The number of nitrogens with zero attached hydrogens (tertiary/aromatic N) is 1. The van der Waals surface area contributed by atoms with E-state index in [0.717, 1.165) is 0 Å². The van der Waals surface area contributed by atoms with Gasteiger partial charge in [-0.05, 0) is 18.2 Å². The molecule has 0 aliphatic heterocycles. The van der Waals surface area contributed by atoms with E-state index in [9.17, 15) is 9.18 Å². The number of hydrogen-bond acceptors (Lipinski definition) is 3. The fourth-order valence-electron chi connectivity index (χ4n) is 1.39. The van der Waals surface area contributed by atoms with Crippen molar-refractivity contribution >= 4 is 11.6 Å². The summed E-state index contributed by atoms with van der Waals surface area (Å²) in [5, 5.41) is 8.83. The minimum Gasteiger partial charge on any atom is -0.326 e. The van der Waals surface area contributed by atoms with Gasteiger partial charge in [0.1, 0.15) is 5.82 Å². The molecule has 1 amide bonds. The number of hydrogen-bond donors (Lipinski definition) is 3. The molecule has 1 heterocycles. The van der Waals surface area contributed by atoms with Crippen LogP contribution in [0.5, 0.6) is 0 Å². The van der Waals surface area contributed by atoms with Gasteiger partial charge in [-0.15, -0.1) is 0 Å². The molecule has 2 rings (SSSR count). The summed E-state index contributed by atoms with van der Waals surface area (Å²) in [4.78, 5) is 11.7. The van der Waals surface area contributed by atoms with Crippen molar-refractivity contribution in [3.63, 3.8) is 0 Å². The molecule has 0 saturated heterocycles. The molecule has 1 aromatic carbocycles. The highest BCUT2D eigenvalue weighted by atomic mass is 19.1. The fourth-order valence-corrected chi connectivity index (χ4v) is 1.39. The second-order valence-electron chi connectivity index (χ2n) is 3.45. The molecule has 0 bridgehead atoms. The highest BCUT2D eigenvalue weighted by Gasteiger charge is 2.08. The van der Waals surface area contributed by atoms with Crippen molar-refractivity contribution in [2.75, 3.05) is 5.32 Å². The van der Waals surface area contributed by atoms with E-state index in [0.29, 0.717) is 16.8 Å². The lowest BCUT2D eigenvalue weighted by molar-refractivity contribution is 0.102. The van der Waals surface area contributed by atoms with E-state index in [1.54, 1.807) is 0 Å². The van der Waals surface area contributed by atoms with Crippen LogP contribution in [0.1, 0.15) is 15.9 Å². The Kier molecular flexibility index (Phi) is 3.15. The topological polar surface area (TPSA) is 83.8 Å². The fraction of sp³-hybridized carbons (Fsp3) is 0.0909. The van der Waals surface area contributed by atoms with Crippen LogP contribution in [0.15, 0.2) is 30.6 Å². The number of amides is 1. The first kappa shape index (κ1) is 11.3. The number of aromatic amines is 1. The van der Waals surface area contributed by atoms with Crippen molar-refractivity contribution in [2.45, 2.75) is 6.54 Å². The number of carbonyl (C=O) groups is 1. The predicted molar refractivity (Wildman–Crippen MR) is 60.8 cm³/mol. The van der Waals surface area contributed by atoms with Gasteiger partial charge in [0, 0.05) is 24.0 Å². The number of rotatable bonds is 3. The molecule has 6 heteroatoms. The first-order chi connectivity index (χ1) is 8.20. The predicted octanol–water partition coefficient (Wildman–Crippen LogP) is 1.26. The number of H-pyrrole nitrogens is 1. The van der Waals surface area contributed by atoms with Crippen LogP contribution in [0.4, 0.5) is 10.1 Å². The van der Waals surface area contributed by atoms with Crippen LogP contribution < -0.4 is 11.1 Å². The Morgan fingerprint density at radius 1 is 1.53 bits per heavy atom. The van der Waals surface area contributed by atoms with Gasteiger partial charge in [-0.1, -0.05) is 0 Å². The van der Waals surface area contributed by atoms with Crippen LogP contribution in [0, 0.1) is 5.82 Å². The SMILES string of the molecule is NCc1cc(NC(=O)c2cn[nH]c2)ccc1F. The Bertz CT molecular complexity index is 524. The zero-order valence-corrected chi connectivity index (χ0v) is 8.90. The molecular weight excluding hydrogens is 223 g/mol. The van der Waals surface area contributed by atoms with E-state index >= 15 is 0 Å². The number of nitrogens with one attached hydrogen (secondary N) is 2. The molecule has 2 aromatic rings. The zero-order valence-electron chi connectivity index (χ0n) is 8.90. The minimum atomic E-state index is -0.381. The number of nitrogens with two attached hydrogens (primary N) is 1. The molecule has 88 valence electrons. The molecule has 0 unspecified atom stereocenters. The highest BCUT2D eigenvalue weighted by Crippen LogP contribution is 2.15. The molecule has 0 fully saturated rings. The lowest BCUT2D eigenvalue weighted by atomic mass is 10.2. The van der Waals surface area contributed by atoms with E-state index in [1.165, 1.54) is 30.6 Å². The third-order valence-electron chi connectivity index (χ3n) is 2.28. The van der Waals surface area contributed by atoms with Gasteiger partial charge in [0.2, 0.25) is 0 Å². The lowest BCUT2D eigenvalue weighted by Gasteiger charge is -2.06. The van der Waals surface area contributed by atoms with Gasteiger partial charge in [-0.25, -0.2) is 4.39 Å². The maximum atomic E-state index is 13.2. The molecule has 17 heavy (non-hydrogen) atoms. The average molecular weight is 234 g/mol. The number of benzene rings is 1. The number of anilines is 1. The molecule has 0 spiro atoms. The monoisotopic (exact) mass is 234 g/mol. The van der Waals surface area contributed by atoms with Crippen LogP contribution in [0.2, 0.25) is 0 Å². The summed E-state index contributed by atoms with van der Waals surface area (Å²) in [5.41, 5.74) is 6.64. The molecule has 0 saturated carbocycles. The quantitative estimate of drug-likeness (QED) is 0.747. The summed E-state index contributed by atoms with van der Waals surface area (Å²) < 4.78 is 13.2. The first-order valence-electron chi connectivity index (χ1n) is 4.99. The van der Waals surface area contributed by atoms with E-state index in [4.69, 9.17) is 5.73 Å². The van der Waals surface area contributed by atoms with Gasteiger partial charge in [0.05, 0.1) is 11.8 Å². The van der Waals surface area contributed by atoms with Gasteiger partial charge in [-0.3, -0.25) is 9.89 Å². The summed E-state index contributed by atoms with van der Waals surface area (Å²) in [7, 11) is 0. The van der Waals surface area contributed by atoms with Crippen LogP contribution in [0.25, 0.3) is 0 Å². The number of carbonyl (C=O) groups excluding carboxylic acids is 1. The Morgan fingerprint density at radius 2 is 2.35 bits per heavy atom. The Hall–Kier alpha value is -2.21. The largest absolute Gasteiger partial charge is 0.326 e. The maximum Gasteiger partial charge on any atom is 0.258 e. The average Bonchev–Trinajstić information content (AvgIpc) is 2.85. The summed E-state index contributed by atoms with van der Waals surface area (Å²) in [6.45, 7) is 0.0846. The third kappa shape index (κ3) is 2.48. The summed E-state index contributed by atoms with van der Waals surface area (Å²) in [6.07, 6.45) is 2.88.